The van der Waals surface area contributed by atoms with Gasteiger partial charge in [0.15, 0.2) is 0 Å². The minimum atomic E-state index is -0.645. The fourth-order valence-corrected chi connectivity index (χ4v) is 6.07. The van der Waals surface area contributed by atoms with Crippen molar-refractivity contribution in [1.82, 2.24) is 35.5 Å². The molecule has 6 rings (SSSR count). The van der Waals surface area contributed by atoms with Crippen LogP contribution in [0.3, 0.4) is 0 Å². The molecule has 0 spiro atoms. The Morgan fingerprint density at radius 1 is 1.09 bits per heavy atom. The zero-order chi connectivity index (χ0) is 32.4. The number of carbonyl (C=O) groups is 2. The number of nitrogens with zero attached hydrogens (tertiary/aromatic N) is 3. The number of aromatic amines is 2. The largest absolute Gasteiger partial charge is 0.488 e. The minimum Gasteiger partial charge on any atom is -0.488 e. The summed E-state index contributed by atoms with van der Waals surface area (Å²) < 4.78 is 10.9. The molecule has 1 aliphatic rings. The first-order valence-electron chi connectivity index (χ1n) is 15.6. The summed E-state index contributed by atoms with van der Waals surface area (Å²) in [5, 5.41) is 8.34. The summed E-state index contributed by atoms with van der Waals surface area (Å²) in [5.41, 5.74) is 6.52. The molecule has 0 unspecified atom stereocenters. The van der Waals surface area contributed by atoms with E-state index in [-0.39, 0.29) is 25.0 Å². The molecule has 1 aliphatic heterocycles. The molecule has 2 amide bonds. The number of hydrogen-bond donors (Lipinski definition) is 4. The van der Waals surface area contributed by atoms with Crippen molar-refractivity contribution in [3.63, 3.8) is 0 Å². The first-order valence-corrected chi connectivity index (χ1v) is 16.0. The monoisotopic (exact) mass is 643 g/mol. The Bertz CT molecular complexity index is 1920. The molecule has 5 aromatic rings. The number of benzene rings is 3. The lowest BCUT2D eigenvalue weighted by Gasteiger charge is -2.27. The van der Waals surface area contributed by atoms with Crippen LogP contribution in [0.5, 0.6) is 5.75 Å². The molecule has 4 N–H and O–H groups in total. The average molecular weight is 644 g/mol. The smallest absolute Gasteiger partial charge is 0.407 e. The van der Waals surface area contributed by atoms with Crippen LogP contribution in [0.1, 0.15) is 50.8 Å². The van der Waals surface area contributed by atoms with Crippen molar-refractivity contribution in [3.05, 3.63) is 64.8 Å². The van der Waals surface area contributed by atoms with E-state index in [1.807, 2.05) is 26.0 Å². The van der Waals surface area contributed by atoms with Gasteiger partial charge in [0.05, 0.1) is 31.2 Å². The molecule has 1 atom stereocenters. The van der Waals surface area contributed by atoms with Gasteiger partial charge in [-0.25, -0.2) is 14.8 Å². The summed E-state index contributed by atoms with van der Waals surface area (Å²) in [4.78, 5) is 42.5. The zero-order valence-electron chi connectivity index (χ0n) is 26.4. The van der Waals surface area contributed by atoms with Crippen molar-refractivity contribution in [2.75, 3.05) is 20.2 Å². The lowest BCUT2D eigenvalue weighted by Crippen LogP contribution is -2.44. The third-order valence-corrected chi connectivity index (χ3v) is 8.70. The maximum Gasteiger partial charge on any atom is 0.407 e. The van der Waals surface area contributed by atoms with E-state index in [9.17, 15) is 9.59 Å². The number of H-pyrrole nitrogens is 2. The van der Waals surface area contributed by atoms with Crippen LogP contribution in [0, 0.1) is 0 Å². The third kappa shape index (κ3) is 6.25. The van der Waals surface area contributed by atoms with Gasteiger partial charge >= 0.3 is 6.09 Å². The Morgan fingerprint density at radius 3 is 2.72 bits per heavy atom. The molecule has 0 saturated heterocycles. The Kier molecular flexibility index (Phi) is 9.14. The molecule has 2 aromatic heterocycles. The van der Waals surface area contributed by atoms with Crippen molar-refractivity contribution in [3.8, 4) is 28.1 Å². The number of carbonyl (C=O) groups excluding carboxylic acids is 2. The zero-order valence-corrected chi connectivity index (χ0v) is 27.2. The quantitative estimate of drug-likeness (QED) is 0.124. The number of methoxy groups -OCH3 is 1. The molecule has 0 saturated carbocycles. The average Bonchev–Trinajstić information content (AvgIpc) is 3.67. The summed E-state index contributed by atoms with van der Waals surface area (Å²) in [7, 11) is 1.27. The normalized spacial score (nSPS) is 12.8. The number of fused-ring (bicyclic) bond motifs is 6. The van der Waals surface area contributed by atoms with Crippen molar-refractivity contribution in [2.24, 2.45) is 0 Å². The van der Waals surface area contributed by atoms with Crippen LogP contribution >= 0.6 is 11.6 Å². The van der Waals surface area contributed by atoms with Gasteiger partial charge in [0.25, 0.3) is 0 Å². The highest BCUT2D eigenvalue weighted by atomic mass is 35.5. The number of imidazole rings is 2. The minimum absolute atomic E-state index is 0.0492. The molecule has 12 heteroatoms. The van der Waals surface area contributed by atoms with Crippen LogP contribution in [0.25, 0.3) is 44.2 Å². The van der Waals surface area contributed by atoms with Crippen molar-refractivity contribution < 1.29 is 19.1 Å². The molecule has 3 aromatic carbocycles. The van der Waals surface area contributed by atoms with E-state index in [4.69, 9.17) is 26.3 Å². The molecule has 0 bridgehead atoms. The molecule has 0 radical (unpaired) electrons. The molecule has 0 fully saturated rings. The van der Waals surface area contributed by atoms with Crippen LogP contribution in [-0.4, -0.2) is 63.1 Å². The summed E-state index contributed by atoms with van der Waals surface area (Å²) in [6.07, 6.45) is 1.16. The number of nitrogens with one attached hydrogen (secondary N) is 4. The van der Waals surface area contributed by atoms with Gasteiger partial charge in [-0.3, -0.25) is 4.79 Å². The van der Waals surface area contributed by atoms with Crippen molar-refractivity contribution >= 4 is 45.4 Å². The summed E-state index contributed by atoms with van der Waals surface area (Å²) in [6.45, 7) is 8.22. The molecular formula is C34H38ClN7O4. The summed E-state index contributed by atoms with van der Waals surface area (Å²) in [5.74, 6) is 2.04. The lowest BCUT2D eigenvalue weighted by atomic mass is 9.92. The van der Waals surface area contributed by atoms with Gasteiger partial charge in [0.1, 0.15) is 41.4 Å². The molecule has 0 aliphatic carbocycles. The van der Waals surface area contributed by atoms with Gasteiger partial charge in [0, 0.05) is 22.6 Å². The van der Waals surface area contributed by atoms with E-state index in [1.165, 1.54) is 7.11 Å². The van der Waals surface area contributed by atoms with E-state index < -0.39 is 6.09 Å². The Morgan fingerprint density at radius 2 is 1.93 bits per heavy atom. The van der Waals surface area contributed by atoms with Crippen molar-refractivity contribution in [1.29, 1.82) is 0 Å². The van der Waals surface area contributed by atoms with E-state index in [0.717, 1.165) is 80.7 Å². The highest BCUT2D eigenvalue weighted by Gasteiger charge is 2.24. The van der Waals surface area contributed by atoms with Gasteiger partial charge in [-0.05, 0) is 67.1 Å². The number of ether oxygens (including phenoxy) is 2. The van der Waals surface area contributed by atoms with Gasteiger partial charge < -0.3 is 35.0 Å². The number of alkyl carbamates (subject to hydrolysis) is 1. The van der Waals surface area contributed by atoms with Crippen LogP contribution in [0.2, 0.25) is 5.15 Å². The van der Waals surface area contributed by atoms with E-state index >= 15 is 0 Å². The predicted octanol–water partition coefficient (Wildman–Crippen LogP) is 6.30. The number of hydrogen-bond acceptors (Lipinski definition) is 7. The van der Waals surface area contributed by atoms with Crippen LogP contribution in [0.15, 0.2) is 42.5 Å². The molecule has 3 heterocycles. The van der Waals surface area contributed by atoms with E-state index in [1.54, 1.807) is 4.90 Å². The van der Waals surface area contributed by atoms with E-state index in [0.29, 0.717) is 24.1 Å². The summed E-state index contributed by atoms with van der Waals surface area (Å²) in [6, 6.07) is 14.5. The molecule has 11 nitrogen and oxygen atoms in total. The molecule has 46 heavy (non-hydrogen) atoms. The number of amides is 2. The third-order valence-electron chi connectivity index (χ3n) is 8.43. The fraction of sp³-hybridized carbons (Fsp3) is 0.353. The maximum atomic E-state index is 13.0. The van der Waals surface area contributed by atoms with Gasteiger partial charge in [-0.15, -0.1) is 0 Å². The van der Waals surface area contributed by atoms with Crippen LogP contribution < -0.4 is 15.4 Å². The highest BCUT2D eigenvalue weighted by Crippen LogP contribution is 2.43. The Balaban J connectivity index is 1.28. The first kappa shape index (κ1) is 31.4. The van der Waals surface area contributed by atoms with Crippen LogP contribution in [-0.2, 0) is 29.2 Å². The predicted molar refractivity (Wildman–Crippen MR) is 179 cm³/mol. The maximum absolute atomic E-state index is 13.0. The topological polar surface area (TPSA) is 137 Å². The fourth-order valence-electron chi connectivity index (χ4n) is 5.81. The molecule has 240 valence electrons. The van der Waals surface area contributed by atoms with Crippen molar-refractivity contribution in [2.45, 2.75) is 59.4 Å². The Hall–Kier alpha value is -4.61. The second-order valence-corrected chi connectivity index (χ2v) is 11.9. The second kappa shape index (κ2) is 13.4. The van der Waals surface area contributed by atoms with E-state index in [2.05, 4.69) is 62.6 Å². The van der Waals surface area contributed by atoms with Gasteiger partial charge in [-0.2, -0.15) is 0 Å². The number of aromatic nitrogens is 4. The highest BCUT2D eigenvalue weighted by molar-refractivity contribution is 6.32. The number of rotatable bonds is 11. The first-order chi connectivity index (χ1) is 22.3. The summed E-state index contributed by atoms with van der Waals surface area (Å²) >= 11 is 6.54. The standard InChI is InChI=1S/C34H38ClN7O4/c1-5-11-36-15-28-39-31(33(35)41-28)21-7-9-23-22(12-21)18-46-27-14-24-20(13-25(23)27)8-10-26-32(24)40-29(38-26)17-42(19(3)6-2)30(43)16-37-34(44)45-4/h7-10,12-14,19,36H,5-6,11,15-18H2,1-4H3,(H,37,44)(H,38,40)(H,39,41)/t19-/m0/s1. The van der Waals surface area contributed by atoms with Gasteiger partial charge in [-0.1, -0.05) is 43.6 Å². The second-order valence-electron chi connectivity index (χ2n) is 11.5. The molecular weight excluding hydrogens is 606 g/mol. The van der Waals surface area contributed by atoms with Gasteiger partial charge in [0.2, 0.25) is 5.91 Å². The Labute approximate surface area is 272 Å². The SMILES string of the molecule is CCCNCc1nc(-c2ccc3c(c2)COc2cc4c(ccc5[nH]c(CN(C(=O)CNC(=O)OC)[C@@H](C)CC)nc54)cc2-3)c(Cl)[nH]1. The number of halogens is 1. The lowest BCUT2D eigenvalue weighted by molar-refractivity contribution is -0.133. The van der Waals surface area contributed by atoms with Crippen LogP contribution in [0.4, 0.5) is 4.79 Å².